The van der Waals surface area contributed by atoms with Crippen LogP contribution in [0.5, 0.6) is 0 Å². The van der Waals surface area contributed by atoms with Gasteiger partial charge in [-0.2, -0.15) is 0 Å². The minimum Gasteiger partial charge on any atom is -0.465 e. The highest BCUT2D eigenvalue weighted by atomic mass is 32.1. The fraction of sp³-hybridized carbons (Fsp3) is 0.208. The second-order valence-corrected chi connectivity index (χ2v) is 8.60. The number of H-pyrrole nitrogens is 1. The molecule has 2 aromatic carbocycles. The summed E-state index contributed by atoms with van der Waals surface area (Å²) in [5, 5.41) is 2.00. The lowest BCUT2D eigenvalue weighted by Crippen LogP contribution is -2.17. The Morgan fingerprint density at radius 1 is 1.12 bits per heavy atom. The first-order valence-corrected chi connectivity index (χ1v) is 11.3. The minimum atomic E-state index is -0.414. The third-order valence-electron chi connectivity index (χ3n) is 5.62. The van der Waals surface area contributed by atoms with Crippen molar-refractivity contribution in [2.75, 3.05) is 20.8 Å². The third-order valence-corrected chi connectivity index (χ3v) is 6.48. The van der Waals surface area contributed by atoms with Gasteiger partial charge < -0.3 is 19.0 Å². The van der Waals surface area contributed by atoms with Crippen LogP contribution in [0.2, 0.25) is 0 Å². The summed E-state index contributed by atoms with van der Waals surface area (Å²) < 4.78 is 14.0. The molecule has 9 heteroatoms. The van der Waals surface area contributed by atoms with Crippen LogP contribution in [0.3, 0.4) is 0 Å². The number of benzene rings is 2. The molecule has 168 valence electrons. The first-order valence-electron chi connectivity index (χ1n) is 10.4. The van der Waals surface area contributed by atoms with Crippen LogP contribution in [0.1, 0.15) is 15.2 Å². The van der Waals surface area contributed by atoms with E-state index in [2.05, 4.69) is 9.55 Å². The van der Waals surface area contributed by atoms with Crippen LogP contribution in [-0.2, 0) is 22.6 Å². The molecule has 33 heavy (non-hydrogen) atoms. The Morgan fingerprint density at radius 3 is 2.76 bits per heavy atom. The summed E-state index contributed by atoms with van der Waals surface area (Å²) in [4.78, 5) is 33.8. The molecule has 3 heterocycles. The standard InChI is InChI=1S/C24H22N4O4S/c1-31-11-10-27-20-9-8-15(23(29)32-2)13-19(20)25-22(27)17-6-3-7-18-21(17)28(24(30)26-18)14-16-5-4-12-33-16/h3-9,12-13H,10-11,14H2,1-2H3,(H,26,30). The van der Waals surface area contributed by atoms with Crippen LogP contribution in [0, 0.1) is 0 Å². The molecule has 1 N–H and O–H groups in total. The molecule has 5 rings (SSSR count). The van der Waals surface area contributed by atoms with Crippen molar-refractivity contribution in [3.63, 3.8) is 0 Å². The Bertz CT molecular complexity index is 1510. The molecule has 0 atom stereocenters. The summed E-state index contributed by atoms with van der Waals surface area (Å²) >= 11 is 1.61. The summed E-state index contributed by atoms with van der Waals surface area (Å²) in [6, 6.07) is 15.1. The van der Waals surface area contributed by atoms with E-state index in [1.807, 2.05) is 41.8 Å². The van der Waals surface area contributed by atoms with Crippen molar-refractivity contribution in [2.24, 2.45) is 0 Å². The van der Waals surface area contributed by atoms with Crippen LogP contribution in [-0.4, -0.2) is 45.9 Å². The molecule has 0 amide bonds. The molecule has 5 aromatic rings. The quantitative estimate of drug-likeness (QED) is 0.371. The van der Waals surface area contributed by atoms with Crippen molar-refractivity contribution in [1.29, 1.82) is 0 Å². The number of carbonyl (C=O) groups is 1. The number of aromatic amines is 1. The van der Waals surface area contributed by atoms with Crippen molar-refractivity contribution in [3.05, 3.63) is 74.8 Å². The van der Waals surface area contributed by atoms with Crippen LogP contribution in [0.25, 0.3) is 33.5 Å². The summed E-state index contributed by atoms with van der Waals surface area (Å²) in [6.45, 7) is 1.52. The number of fused-ring (bicyclic) bond motifs is 2. The Balaban J connectivity index is 1.74. The molecule has 0 saturated heterocycles. The number of methoxy groups -OCH3 is 2. The van der Waals surface area contributed by atoms with Gasteiger partial charge >= 0.3 is 11.7 Å². The van der Waals surface area contributed by atoms with E-state index in [1.165, 1.54) is 7.11 Å². The normalized spacial score (nSPS) is 11.5. The van der Waals surface area contributed by atoms with Gasteiger partial charge in [-0.25, -0.2) is 14.6 Å². The molecular formula is C24H22N4O4S. The maximum Gasteiger partial charge on any atom is 0.337 e. The SMILES string of the molecule is COCCn1c(-c2cccc3[nH]c(=O)n(Cc4cccs4)c23)nc2cc(C(=O)OC)ccc21. The van der Waals surface area contributed by atoms with E-state index in [0.717, 1.165) is 27.0 Å². The van der Waals surface area contributed by atoms with E-state index >= 15 is 0 Å². The van der Waals surface area contributed by atoms with E-state index in [4.69, 9.17) is 14.5 Å². The Hall–Kier alpha value is -3.69. The molecule has 0 unspecified atom stereocenters. The Labute approximate surface area is 193 Å². The maximum absolute atomic E-state index is 12.8. The number of nitrogens with zero attached hydrogens (tertiary/aromatic N) is 3. The van der Waals surface area contributed by atoms with Crippen molar-refractivity contribution < 1.29 is 14.3 Å². The van der Waals surface area contributed by atoms with Crippen LogP contribution in [0.15, 0.2) is 58.7 Å². The molecule has 0 spiro atoms. The number of hydrogen-bond acceptors (Lipinski definition) is 6. The molecule has 0 saturated carbocycles. The predicted octanol–water partition coefficient (Wildman–Crippen LogP) is 3.89. The average Bonchev–Trinajstić information content (AvgIpc) is 3.55. The molecule has 3 aromatic heterocycles. The number of carbonyl (C=O) groups excluding carboxylic acids is 1. The number of aromatic nitrogens is 4. The zero-order valence-corrected chi connectivity index (χ0v) is 19.0. The number of nitrogens with one attached hydrogen (secondary N) is 1. The van der Waals surface area contributed by atoms with E-state index in [0.29, 0.717) is 36.6 Å². The summed E-state index contributed by atoms with van der Waals surface area (Å²) in [6.07, 6.45) is 0. The van der Waals surface area contributed by atoms with Gasteiger partial charge in [0.05, 0.1) is 47.9 Å². The van der Waals surface area contributed by atoms with Crippen LogP contribution >= 0.6 is 11.3 Å². The Kier molecular flexibility index (Phi) is 5.57. The second-order valence-electron chi connectivity index (χ2n) is 7.57. The summed E-state index contributed by atoms with van der Waals surface area (Å²) in [7, 11) is 3.01. The first-order chi connectivity index (χ1) is 16.1. The fourth-order valence-corrected chi connectivity index (χ4v) is 4.79. The number of rotatable bonds is 7. The zero-order valence-electron chi connectivity index (χ0n) is 18.2. The fourth-order valence-electron chi connectivity index (χ4n) is 4.10. The summed E-state index contributed by atoms with van der Waals surface area (Å²) in [5.74, 6) is 0.288. The van der Waals surface area contributed by atoms with Gasteiger partial charge in [-0.3, -0.25) is 4.57 Å². The molecule has 0 bridgehead atoms. The lowest BCUT2D eigenvalue weighted by molar-refractivity contribution is 0.0601. The first kappa shape index (κ1) is 21.2. The predicted molar refractivity (Wildman–Crippen MR) is 128 cm³/mol. The van der Waals surface area contributed by atoms with Crippen LogP contribution in [0.4, 0.5) is 0 Å². The molecule has 0 aliphatic carbocycles. The molecule has 0 aliphatic heterocycles. The van der Waals surface area contributed by atoms with Gasteiger partial charge in [-0.05, 0) is 41.8 Å². The molecule has 0 fully saturated rings. The van der Waals surface area contributed by atoms with Gasteiger partial charge in [0, 0.05) is 24.1 Å². The highest BCUT2D eigenvalue weighted by Gasteiger charge is 2.20. The molecule has 8 nitrogen and oxygen atoms in total. The Morgan fingerprint density at radius 2 is 2.00 bits per heavy atom. The van der Waals surface area contributed by atoms with Gasteiger partial charge in [0.25, 0.3) is 0 Å². The second kappa shape index (κ2) is 8.68. The van der Waals surface area contributed by atoms with Gasteiger partial charge in [0.2, 0.25) is 0 Å². The van der Waals surface area contributed by atoms with Crippen LogP contribution < -0.4 is 5.69 Å². The van der Waals surface area contributed by atoms with E-state index in [1.54, 1.807) is 35.1 Å². The number of thiophene rings is 1. The highest BCUT2D eigenvalue weighted by Crippen LogP contribution is 2.31. The average molecular weight is 463 g/mol. The smallest absolute Gasteiger partial charge is 0.337 e. The number of hydrogen-bond donors (Lipinski definition) is 1. The minimum absolute atomic E-state index is 0.168. The third kappa shape index (κ3) is 3.75. The van der Waals surface area contributed by atoms with Crippen molar-refractivity contribution in [2.45, 2.75) is 13.1 Å². The summed E-state index contributed by atoms with van der Waals surface area (Å²) in [5.41, 5.74) is 4.17. The topological polar surface area (TPSA) is 91.1 Å². The monoisotopic (exact) mass is 462 g/mol. The molecule has 0 aliphatic rings. The lowest BCUT2D eigenvalue weighted by Gasteiger charge is -2.11. The van der Waals surface area contributed by atoms with Crippen molar-refractivity contribution in [3.8, 4) is 11.4 Å². The van der Waals surface area contributed by atoms with Gasteiger partial charge in [0.1, 0.15) is 5.82 Å². The largest absolute Gasteiger partial charge is 0.465 e. The van der Waals surface area contributed by atoms with Crippen molar-refractivity contribution in [1.82, 2.24) is 19.1 Å². The van der Waals surface area contributed by atoms with E-state index in [-0.39, 0.29) is 5.69 Å². The van der Waals surface area contributed by atoms with Crippen molar-refractivity contribution >= 4 is 39.4 Å². The maximum atomic E-state index is 12.8. The molecular weight excluding hydrogens is 440 g/mol. The number of ether oxygens (including phenoxy) is 2. The zero-order chi connectivity index (χ0) is 22.9. The highest BCUT2D eigenvalue weighted by molar-refractivity contribution is 7.09. The number of esters is 1. The van der Waals surface area contributed by atoms with Gasteiger partial charge in [-0.1, -0.05) is 12.1 Å². The number of imidazole rings is 2. The lowest BCUT2D eigenvalue weighted by atomic mass is 10.1. The number of para-hydroxylation sites is 1. The van der Waals surface area contributed by atoms with E-state index in [9.17, 15) is 9.59 Å². The molecule has 0 radical (unpaired) electrons. The van der Waals surface area contributed by atoms with Gasteiger partial charge in [0.15, 0.2) is 0 Å². The van der Waals surface area contributed by atoms with Gasteiger partial charge in [-0.15, -0.1) is 11.3 Å². The van der Waals surface area contributed by atoms with E-state index < -0.39 is 5.97 Å².